The summed E-state index contributed by atoms with van der Waals surface area (Å²) < 4.78 is 0.894. The smallest absolute Gasteiger partial charge is 0.300 e. The molecule has 1 amide bonds. The molecule has 0 aliphatic carbocycles. The van der Waals surface area contributed by atoms with Crippen molar-refractivity contribution in [1.29, 1.82) is 0 Å². The zero-order chi connectivity index (χ0) is 28.7. The summed E-state index contributed by atoms with van der Waals surface area (Å²) in [5.41, 5.74) is 0.786. The minimum absolute atomic E-state index is 0.194. The summed E-state index contributed by atoms with van der Waals surface area (Å²) in [5.74, 6) is -0.630. The van der Waals surface area contributed by atoms with Crippen LogP contribution in [0.3, 0.4) is 0 Å². The largest absolute Gasteiger partial charge is 0.320 e. The first kappa shape index (κ1) is 26.6. The van der Waals surface area contributed by atoms with Gasteiger partial charge in [0.15, 0.2) is 10.8 Å². The molecular formula is C28H16BrN5O5S2. The highest BCUT2D eigenvalue weighted by Gasteiger charge is 2.34. The third kappa shape index (κ3) is 5.06. The number of thiazole rings is 1. The fraction of sp³-hybridized carbons (Fsp3) is 0. The van der Waals surface area contributed by atoms with Crippen molar-refractivity contribution in [2.45, 2.75) is 9.79 Å². The van der Waals surface area contributed by atoms with Gasteiger partial charge in [0.05, 0.1) is 32.5 Å². The van der Waals surface area contributed by atoms with E-state index in [1.165, 1.54) is 16.7 Å². The van der Waals surface area contributed by atoms with Gasteiger partial charge in [-0.05, 0) is 36.4 Å². The van der Waals surface area contributed by atoms with Gasteiger partial charge in [0.25, 0.3) is 5.91 Å². The molecule has 0 saturated carbocycles. The van der Waals surface area contributed by atoms with Crippen LogP contribution in [0.25, 0.3) is 11.3 Å². The van der Waals surface area contributed by atoms with Gasteiger partial charge in [0, 0.05) is 37.3 Å². The molecule has 1 aromatic heterocycles. The number of para-hydroxylation sites is 2. The molecule has 0 atom stereocenters. The van der Waals surface area contributed by atoms with Crippen LogP contribution in [0.5, 0.6) is 0 Å². The van der Waals surface area contributed by atoms with Crippen molar-refractivity contribution in [1.82, 2.24) is 4.98 Å². The number of nitro benzene ring substituents is 2. The highest BCUT2D eigenvalue weighted by molar-refractivity contribution is 9.10. The lowest BCUT2D eigenvalue weighted by Gasteiger charge is -2.31. The maximum Gasteiger partial charge on any atom is 0.300 e. The summed E-state index contributed by atoms with van der Waals surface area (Å²) in [5, 5.41) is 29.1. The van der Waals surface area contributed by atoms with Crippen molar-refractivity contribution in [2.75, 3.05) is 10.2 Å². The third-order valence-electron chi connectivity index (χ3n) is 6.25. The van der Waals surface area contributed by atoms with Crippen LogP contribution in [-0.4, -0.2) is 20.7 Å². The van der Waals surface area contributed by atoms with Crippen LogP contribution < -0.4 is 10.2 Å². The highest BCUT2D eigenvalue weighted by Crippen LogP contribution is 2.49. The zero-order valence-corrected chi connectivity index (χ0v) is 23.9. The van der Waals surface area contributed by atoms with E-state index in [9.17, 15) is 25.0 Å². The number of rotatable bonds is 6. The minimum Gasteiger partial charge on any atom is -0.320 e. The molecule has 13 heteroatoms. The van der Waals surface area contributed by atoms with Crippen LogP contribution in [0.15, 0.2) is 105 Å². The summed E-state index contributed by atoms with van der Waals surface area (Å²) in [4.78, 5) is 44.4. The molecule has 2 heterocycles. The molecule has 1 aliphatic heterocycles. The molecule has 0 unspecified atom stereocenters. The second-order valence-corrected chi connectivity index (χ2v) is 11.6. The van der Waals surface area contributed by atoms with Crippen LogP contribution in [0.1, 0.15) is 10.4 Å². The van der Waals surface area contributed by atoms with Crippen molar-refractivity contribution in [2.24, 2.45) is 0 Å². The average Bonchev–Trinajstić information content (AvgIpc) is 3.44. The molecule has 4 aromatic carbocycles. The fourth-order valence-electron chi connectivity index (χ4n) is 4.40. The quantitative estimate of drug-likeness (QED) is 0.143. The van der Waals surface area contributed by atoms with E-state index in [4.69, 9.17) is 0 Å². The molecular weight excluding hydrogens is 630 g/mol. The summed E-state index contributed by atoms with van der Waals surface area (Å²) in [7, 11) is 0. The van der Waals surface area contributed by atoms with Gasteiger partial charge in [-0.2, -0.15) is 0 Å². The number of amides is 1. The summed E-state index contributed by atoms with van der Waals surface area (Å²) in [6.07, 6.45) is 0. The molecule has 0 radical (unpaired) electrons. The lowest BCUT2D eigenvalue weighted by Crippen LogP contribution is -2.28. The number of carbonyl (C=O) groups is 1. The van der Waals surface area contributed by atoms with Gasteiger partial charge in [0.2, 0.25) is 0 Å². The molecule has 1 N–H and O–H groups in total. The Hall–Kier alpha value is -4.59. The van der Waals surface area contributed by atoms with Crippen LogP contribution >= 0.6 is 39.0 Å². The SMILES string of the molecule is O=C(c1cc([N+](=O)[O-])c(Nc2nc(-c3ccc(Br)cc3)cs2)c([N+](=O)[O-])c1)N1c2ccccc2Sc2ccccc21. The third-order valence-corrected chi connectivity index (χ3v) is 8.67. The minimum atomic E-state index is -0.747. The number of halogens is 1. The monoisotopic (exact) mass is 645 g/mol. The first-order valence-corrected chi connectivity index (χ1v) is 14.4. The van der Waals surface area contributed by atoms with Crippen molar-refractivity contribution in [3.8, 4) is 11.3 Å². The standard InChI is InChI=1S/C28H16BrN5O5S2/c29-18-11-9-16(10-12-18)19-15-40-28(30-19)31-26-22(33(36)37)13-17(14-23(26)34(38)39)27(35)32-20-5-1-3-7-24(20)41-25-8-4-2-6-21(25)32/h1-15H,(H,30,31). The van der Waals surface area contributed by atoms with E-state index >= 15 is 0 Å². The van der Waals surface area contributed by atoms with E-state index in [0.717, 1.165) is 43.3 Å². The van der Waals surface area contributed by atoms with Crippen molar-refractivity contribution in [3.05, 3.63) is 121 Å². The van der Waals surface area contributed by atoms with Crippen molar-refractivity contribution >= 4 is 78.5 Å². The van der Waals surface area contributed by atoms with Gasteiger partial charge in [0.1, 0.15) is 0 Å². The average molecular weight is 647 g/mol. The number of fused-ring (bicyclic) bond motifs is 2. The first-order valence-electron chi connectivity index (χ1n) is 12.0. The van der Waals surface area contributed by atoms with Crippen LogP contribution in [0.4, 0.5) is 33.6 Å². The summed E-state index contributed by atoms with van der Waals surface area (Å²) in [6, 6.07) is 24.0. The topological polar surface area (TPSA) is 132 Å². The van der Waals surface area contributed by atoms with Crippen LogP contribution in [0.2, 0.25) is 0 Å². The van der Waals surface area contributed by atoms with Gasteiger partial charge in [-0.3, -0.25) is 29.9 Å². The number of carbonyl (C=O) groups excluding carboxylic acids is 1. The summed E-state index contributed by atoms with van der Waals surface area (Å²) in [6.45, 7) is 0. The Kier molecular flexibility index (Phi) is 6.99. The molecule has 0 saturated heterocycles. The van der Waals surface area contributed by atoms with E-state index < -0.39 is 27.1 Å². The molecule has 41 heavy (non-hydrogen) atoms. The molecule has 1 aliphatic rings. The van der Waals surface area contributed by atoms with Gasteiger partial charge in [-0.1, -0.05) is 64.1 Å². The number of hydrogen-bond donors (Lipinski definition) is 1. The Morgan fingerprint density at radius 2 is 1.41 bits per heavy atom. The molecule has 0 fully saturated rings. The second kappa shape index (κ2) is 10.8. The highest BCUT2D eigenvalue weighted by atomic mass is 79.9. The predicted molar refractivity (Wildman–Crippen MR) is 162 cm³/mol. The fourth-order valence-corrected chi connectivity index (χ4v) is 6.44. The second-order valence-electron chi connectivity index (χ2n) is 8.75. The van der Waals surface area contributed by atoms with Crippen LogP contribution in [0, 0.1) is 20.2 Å². The lowest BCUT2D eigenvalue weighted by atomic mass is 10.1. The first-order chi connectivity index (χ1) is 19.8. The molecule has 0 bridgehead atoms. The van der Waals surface area contributed by atoms with E-state index in [2.05, 4.69) is 26.2 Å². The Morgan fingerprint density at radius 3 is 1.98 bits per heavy atom. The van der Waals surface area contributed by atoms with Crippen molar-refractivity contribution in [3.63, 3.8) is 0 Å². The Labute approximate surface area is 249 Å². The lowest BCUT2D eigenvalue weighted by molar-refractivity contribution is -0.392. The number of nitrogens with one attached hydrogen (secondary N) is 1. The Morgan fingerprint density at radius 1 is 0.854 bits per heavy atom. The van der Waals surface area contributed by atoms with Crippen molar-refractivity contribution < 1.29 is 14.6 Å². The molecule has 6 rings (SSSR count). The van der Waals surface area contributed by atoms with Gasteiger partial charge < -0.3 is 5.32 Å². The molecule has 202 valence electrons. The predicted octanol–water partition coefficient (Wildman–Crippen LogP) is 8.58. The van der Waals surface area contributed by atoms with E-state index in [1.54, 1.807) is 29.6 Å². The Balaban J connectivity index is 1.42. The normalized spacial score (nSPS) is 11.9. The van der Waals surface area contributed by atoms with E-state index in [1.807, 2.05) is 48.5 Å². The molecule has 0 spiro atoms. The number of hydrogen-bond acceptors (Lipinski definition) is 9. The maximum absolute atomic E-state index is 14.0. The number of anilines is 4. The van der Waals surface area contributed by atoms with Gasteiger partial charge in [-0.15, -0.1) is 11.3 Å². The molecule has 5 aromatic rings. The maximum atomic E-state index is 14.0. The van der Waals surface area contributed by atoms with Gasteiger partial charge >= 0.3 is 11.4 Å². The van der Waals surface area contributed by atoms with Gasteiger partial charge in [-0.25, -0.2) is 4.98 Å². The number of benzene rings is 4. The molecule has 10 nitrogen and oxygen atoms in total. The number of nitro groups is 2. The zero-order valence-electron chi connectivity index (χ0n) is 20.7. The Bertz CT molecular complexity index is 1780. The van der Waals surface area contributed by atoms with E-state index in [-0.39, 0.29) is 16.4 Å². The summed E-state index contributed by atoms with van der Waals surface area (Å²) >= 11 is 6.02. The van der Waals surface area contributed by atoms with Crippen LogP contribution in [-0.2, 0) is 0 Å². The number of nitrogens with zero attached hydrogens (tertiary/aromatic N) is 4. The number of aromatic nitrogens is 1. The van der Waals surface area contributed by atoms with E-state index in [0.29, 0.717) is 17.1 Å².